The maximum absolute atomic E-state index is 5.86. The fourth-order valence-corrected chi connectivity index (χ4v) is 1.07. The van der Waals surface area contributed by atoms with E-state index in [9.17, 15) is 0 Å². The summed E-state index contributed by atoms with van der Waals surface area (Å²) < 4.78 is 4.95. The van der Waals surface area contributed by atoms with Gasteiger partial charge in [-0.15, -0.1) is 0 Å². The molecule has 2 unspecified atom stereocenters. The molecule has 0 fully saturated rings. The van der Waals surface area contributed by atoms with Crippen molar-refractivity contribution in [1.29, 1.82) is 0 Å². The van der Waals surface area contributed by atoms with E-state index in [-0.39, 0.29) is 0 Å². The molecule has 0 amide bonds. The van der Waals surface area contributed by atoms with Crippen molar-refractivity contribution in [3.8, 4) is 0 Å². The smallest absolute Gasteiger partial charge is 0.0477 e. The number of hydrogen-bond donors (Lipinski definition) is 1. The Kier molecular flexibility index (Phi) is 6.57. The summed E-state index contributed by atoms with van der Waals surface area (Å²) in [4.78, 5) is 0. The molecule has 2 heteroatoms. The van der Waals surface area contributed by atoms with E-state index in [4.69, 9.17) is 10.5 Å². The Morgan fingerprint density at radius 1 is 1.45 bits per heavy atom. The molecule has 0 aromatic rings. The minimum Gasteiger partial charge on any atom is -0.385 e. The quantitative estimate of drug-likeness (QED) is 0.641. The third-order valence-corrected chi connectivity index (χ3v) is 2.09. The van der Waals surface area contributed by atoms with Crippen molar-refractivity contribution in [2.75, 3.05) is 13.7 Å². The monoisotopic (exact) mass is 159 g/mol. The van der Waals surface area contributed by atoms with Gasteiger partial charge in [0, 0.05) is 19.8 Å². The van der Waals surface area contributed by atoms with Gasteiger partial charge in [0.1, 0.15) is 0 Å². The molecule has 0 saturated carbocycles. The first-order valence-electron chi connectivity index (χ1n) is 4.45. The van der Waals surface area contributed by atoms with Gasteiger partial charge in [0.15, 0.2) is 0 Å². The summed E-state index contributed by atoms with van der Waals surface area (Å²) in [6.45, 7) is 5.23. The molecule has 0 aliphatic carbocycles. The maximum atomic E-state index is 5.86. The van der Waals surface area contributed by atoms with E-state index in [2.05, 4.69) is 13.8 Å². The van der Waals surface area contributed by atoms with Gasteiger partial charge in [-0.05, 0) is 18.8 Å². The number of nitrogens with two attached hydrogens (primary N) is 1. The molecule has 11 heavy (non-hydrogen) atoms. The Morgan fingerprint density at radius 3 is 2.55 bits per heavy atom. The third kappa shape index (κ3) is 6.32. The number of methoxy groups -OCH3 is 1. The lowest BCUT2D eigenvalue weighted by Crippen LogP contribution is -2.24. The van der Waals surface area contributed by atoms with E-state index in [0.717, 1.165) is 25.4 Å². The van der Waals surface area contributed by atoms with Crippen LogP contribution in [0.15, 0.2) is 0 Å². The van der Waals surface area contributed by atoms with Gasteiger partial charge >= 0.3 is 0 Å². The minimum atomic E-state index is 0.324. The van der Waals surface area contributed by atoms with Crippen LogP contribution in [-0.2, 0) is 4.74 Å². The van der Waals surface area contributed by atoms with Crippen molar-refractivity contribution >= 4 is 0 Å². The van der Waals surface area contributed by atoms with Gasteiger partial charge in [0.05, 0.1) is 0 Å². The zero-order valence-corrected chi connectivity index (χ0v) is 7.97. The SMILES string of the molecule is CCC(C)CC(N)CCOC. The van der Waals surface area contributed by atoms with Crippen LogP contribution >= 0.6 is 0 Å². The van der Waals surface area contributed by atoms with Gasteiger partial charge in [0.2, 0.25) is 0 Å². The van der Waals surface area contributed by atoms with Crippen LogP contribution in [0.1, 0.15) is 33.1 Å². The highest BCUT2D eigenvalue weighted by Gasteiger charge is 2.06. The number of hydrogen-bond acceptors (Lipinski definition) is 2. The summed E-state index contributed by atoms with van der Waals surface area (Å²) in [5, 5.41) is 0. The maximum Gasteiger partial charge on any atom is 0.0477 e. The Morgan fingerprint density at radius 2 is 2.09 bits per heavy atom. The molecule has 0 radical (unpaired) electrons. The van der Waals surface area contributed by atoms with Crippen molar-refractivity contribution in [1.82, 2.24) is 0 Å². The van der Waals surface area contributed by atoms with Crippen molar-refractivity contribution in [2.24, 2.45) is 11.7 Å². The first kappa shape index (κ1) is 10.9. The fourth-order valence-electron chi connectivity index (χ4n) is 1.07. The zero-order chi connectivity index (χ0) is 8.69. The zero-order valence-electron chi connectivity index (χ0n) is 7.97. The van der Waals surface area contributed by atoms with E-state index in [1.54, 1.807) is 7.11 Å². The summed E-state index contributed by atoms with van der Waals surface area (Å²) >= 11 is 0. The number of ether oxygens (including phenoxy) is 1. The van der Waals surface area contributed by atoms with E-state index in [0.29, 0.717) is 6.04 Å². The molecule has 0 aromatic carbocycles. The molecule has 2 atom stereocenters. The van der Waals surface area contributed by atoms with Gasteiger partial charge in [0.25, 0.3) is 0 Å². The van der Waals surface area contributed by atoms with Crippen molar-refractivity contribution in [2.45, 2.75) is 39.2 Å². The summed E-state index contributed by atoms with van der Waals surface area (Å²) in [6, 6.07) is 0.324. The summed E-state index contributed by atoms with van der Waals surface area (Å²) in [5.74, 6) is 0.752. The van der Waals surface area contributed by atoms with E-state index in [1.807, 2.05) is 0 Å². The van der Waals surface area contributed by atoms with Crippen LogP contribution in [0.4, 0.5) is 0 Å². The lowest BCUT2D eigenvalue weighted by atomic mass is 9.98. The molecule has 0 rings (SSSR count). The first-order chi connectivity index (χ1) is 5.20. The van der Waals surface area contributed by atoms with Crippen LogP contribution in [0.3, 0.4) is 0 Å². The molecule has 0 spiro atoms. The molecular formula is C9H21NO. The predicted octanol–water partition coefficient (Wildman–Crippen LogP) is 1.79. The topological polar surface area (TPSA) is 35.2 Å². The Balaban J connectivity index is 3.27. The van der Waals surface area contributed by atoms with E-state index >= 15 is 0 Å². The van der Waals surface area contributed by atoms with E-state index < -0.39 is 0 Å². The normalized spacial score (nSPS) is 16.4. The van der Waals surface area contributed by atoms with Gasteiger partial charge in [-0.1, -0.05) is 20.3 Å². The summed E-state index contributed by atoms with van der Waals surface area (Å²) in [5.41, 5.74) is 5.86. The number of rotatable bonds is 6. The van der Waals surface area contributed by atoms with Crippen LogP contribution in [0.2, 0.25) is 0 Å². The second-order valence-corrected chi connectivity index (χ2v) is 3.29. The summed E-state index contributed by atoms with van der Waals surface area (Å²) in [7, 11) is 1.72. The molecule has 0 aliphatic rings. The van der Waals surface area contributed by atoms with Crippen LogP contribution in [0.25, 0.3) is 0 Å². The largest absolute Gasteiger partial charge is 0.385 e. The molecule has 0 heterocycles. The van der Waals surface area contributed by atoms with Gasteiger partial charge in [-0.2, -0.15) is 0 Å². The molecule has 0 bridgehead atoms. The minimum absolute atomic E-state index is 0.324. The molecule has 0 saturated heterocycles. The molecule has 68 valence electrons. The predicted molar refractivity (Wildman–Crippen MR) is 48.5 cm³/mol. The standard InChI is InChI=1S/C9H21NO/c1-4-8(2)7-9(10)5-6-11-3/h8-9H,4-7,10H2,1-3H3. The molecule has 2 nitrogen and oxygen atoms in total. The highest BCUT2D eigenvalue weighted by molar-refractivity contribution is 4.64. The van der Waals surface area contributed by atoms with Gasteiger partial charge < -0.3 is 10.5 Å². The van der Waals surface area contributed by atoms with Crippen molar-refractivity contribution in [3.05, 3.63) is 0 Å². The molecule has 0 aromatic heterocycles. The second-order valence-electron chi connectivity index (χ2n) is 3.29. The highest BCUT2D eigenvalue weighted by atomic mass is 16.5. The fraction of sp³-hybridized carbons (Fsp3) is 1.00. The second kappa shape index (κ2) is 6.62. The Labute approximate surface area is 70.1 Å². The van der Waals surface area contributed by atoms with E-state index in [1.165, 1.54) is 6.42 Å². The van der Waals surface area contributed by atoms with Crippen LogP contribution in [0.5, 0.6) is 0 Å². The lowest BCUT2D eigenvalue weighted by Gasteiger charge is -2.14. The molecular weight excluding hydrogens is 138 g/mol. The average molecular weight is 159 g/mol. The van der Waals surface area contributed by atoms with Crippen LogP contribution < -0.4 is 5.73 Å². The molecule has 0 aliphatic heterocycles. The molecule has 2 N–H and O–H groups in total. The Bertz CT molecular complexity index is 85.6. The van der Waals surface area contributed by atoms with Crippen molar-refractivity contribution in [3.63, 3.8) is 0 Å². The third-order valence-electron chi connectivity index (χ3n) is 2.09. The van der Waals surface area contributed by atoms with Gasteiger partial charge in [-0.25, -0.2) is 0 Å². The van der Waals surface area contributed by atoms with Crippen molar-refractivity contribution < 1.29 is 4.74 Å². The summed E-state index contributed by atoms with van der Waals surface area (Å²) in [6.07, 6.45) is 3.33. The van der Waals surface area contributed by atoms with Gasteiger partial charge in [-0.3, -0.25) is 0 Å². The van der Waals surface area contributed by atoms with Crippen LogP contribution in [0, 0.1) is 5.92 Å². The van der Waals surface area contributed by atoms with Crippen LogP contribution in [-0.4, -0.2) is 19.8 Å². The highest BCUT2D eigenvalue weighted by Crippen LogP contribution is 2.10. The first-order valence-corrected chi connectivity index (χ1v) is 4.45. The lowest BCUT2D eigenvalue weighted by molar-refractivity contribution is 0.184. The average Bonchev–Trinajstić information content (AvgIpc) is 2.00. The Hall–Kier alpha value is -0.0800.